The summed E-state index contributed by atoms with van der Waals surface area (Å²) in [6.07, 6.45) is 2.27. The molecule has 2 N–H and O–H groups in total. The first-order chi connectivity index (χ1) is 9.33. The van der Waals surface area contributed by atoms with E-state index in [-0.39, 0.29) is 5.75 Å². The normalized spacial score (nSPS) is 13.5. The first-order valence-corrected chi connectivity index (χ1v) is 6.59. The minimum Gasteiger partial charge on any atom is -0.508 e. The van der Waals surface area contributed by atoms with Crippen molar-refractivity contribution in [2.45, 2.75) is 19.4 Å². The van der Waals surface area contributed by atoms with E-state index in [9.17, 15) is 5.11 Å². The molecule has 0 fully saturated rings. The van der Waals surface area contributed by atoms with Crippen molar-refractivity contribution >= 4 is 5.69 Å². The van der Waals surface area contributed by atoms with Gasteiger partial charge in [-0.15, -0.1) is 0 Å². The molecule has 0 saturated heterocycles. The zero-order valence-electron chi connectivity index (χ0n) is 10.7. The Morgan fingerprint density at radius 2 is 2.05 bits per heavy atom. The lowest BCUT2D eigenvalue weighted by molar-refractivity contribution is 0.306. The molecule has 0 amide bonds. The summed E-state index contributed by atoms with van der Waals surface area (Å²) in [4.78, 5) is 0. The largest absolute Gasteiger partial charge is 0.508 e. The summed E-state index contributed by atoms with van der Waals surface area (Å²) in [5.41, 5.74) is 3.40. The van der Waals surface area contributed by atoms with Gasteiger partial charge >= 0.3 is 0 Å². The third-order valence-electron chi connectivity index (χ3n) is 3.34. The van der Waals surface area contributed by atoms with Gasteiger partial charge in [-0.2, -0.15) is 0 Å². The van der Waals surface area contributed by atoms with Crippen molar-refractivity contribution in [3.8, 4) is 11.5 Å². The number of aromatic hydroxyl groups is 1. The summed E-state index contributed by atoms with van der Waals surface area (Å²) in [6.45, 7) is 1.46. The number of rotatable bonds is 3. The van der Waals surface area contributed by atoms with E-state index in [1.165, 1.54) is 12.0 Å². The van der Waals surface area contributed by atoms with E-state index in [1.54, 1.807) is 12.1 Å². The van der Waals surface area contributed by atoms with Crippen LogP contribution in [0.15, 0.2) is 42.5 Å². The Kier molecular flexibility index (Phi) is 3.27. The molecule has 1 heterocycles. The molecule has 3 nitrogen and oxygen atoms in total. The van der Waals surface area contributed by atoms with Gasteiger partial charge in [-0.05, 0) is 42.2 Å². The Balaban J connectivity index is 1.77. The first kappa shape index (κ1) is 11.9. The maximum atomic E-state index is 9.43. The van der Waals surface area contributed by atoms with Gasteiger partial charge < -0.3 is 15.2 Å². The van der Waals surface area contributed by atoms with Gasteiger partial charge in [-0.3, -0.25) is 0 Å². The molecule has 0 aromatic heterocycles. The van der Waals surface area contributed by atoms with Crippen molar-refractivity contribution in [2.24, 2.45) is 0 Å². The summed E-state index contributed by atoms with van der Waals surface area (Å²) in [5.74, 6) is 1.16. The summed E-state index contributed by atoms with van der Waals surface area (Å²) in [5, 5.41) is 12.8. The van der Waals surface area contributed by atoms with Gasteiger partial charge in [-0.1, -0.05) is 24.3 Å². The zero-order chi connectivity index (χ0) is 13.1. The lowest BCUT2D eigenvalue weighted by atomic mass is 10.0. The zero-order valence-corrected chi connectivity index (χ0v) is 10.7. The number of phenolic OH excluding ortho intramolecular Hbond substituents is 1. The molecule has 0 aliphatic carbocycles. The highest BCUT2D eigenvalue weighted by atomic mass is 16.5. The Hall–Kier alpha value is -2.16. The molecule has 0 radical (unpaired) electrons. The van der Waals surface area contributed by atoms with Crippen molar-refractivity contribution < 1.29 is 9.84 Å². The molecule has 0 atom stereocenters. The maximum absolute atomic E-state index is 9.43. The van der Waals surface area contributed by atoms with Crippen LogP contribution in [0.2, 0.25) is 0 Å². The van der Waals surface area contributed by atoms with Crippen LogP contribution in [0.4, 0.5) is 5.69 Å². The molecular weight excluding hydrogens is 238 g/mol. The molecule has 0 bridgehead atoms. The van der Waals surface area contributed by atoms with Crippen LogP contribution in [-0.4, -0.2) is 11.7 Å². The standard InChI is InChI=1S/C16H17NO2/c18-14-7-1-4-12(10-14)11-19-15-8-2-5-13-6-3-9-17-16(13)15/h1-2,4-5,7-8,10,17-18H,3,6,9,11H2. The van der Waals surface area contributed by atoms with Gasteiger partial charge in [0.15, 0.2) is 0 Å². The number of nitrogens with one attached hydrogen (secondary N) is 1. The monoisotopic (exact) mass is 255 g/mol. The van der Waals surface area contributed by atoms with Crippen molar-refractivity contribution in [1.29, 1.82) is 0 Å². The minimum absolute atomic E-state index is 0.273. The number of benzene rings is 2. The van der Waals surface area contributed by atoms with Gasteiger partial charge in [0.05, 0.1) is 5.69 Å². The van der Waals surface area contributed by atoms with Gasteiger partial charge in [0, 0.05) is 6.54 Å². The molecule has 3 heteroatoms. The first-order valence-electron chi connectivity index (χ1n) is 6.59. The molecule has 98 valence electrons. The highest BCUT2D eigenvalue weighted by Gasteiger charge is 2.13. The number of fused-ring (bicyclic) bond motifs is 1. The van der Waals surface area contributed by atoms with Crippen LogP contribution in [0.3, 0.4) is 0 Å². The molecule has 19 heavy (non-hydrogen) atoms. The van der Waals surface area contributed by atoms with E-state index < -0.39 is 0 Å². The van der Waals surface area contributed by atoms with Crippen LogP contribution in [0.25, 0.3) is 0 Å². The summed E-state index contributed by atoms with van der Waals surface area (Å²) >= 11 is 0. The van der Waals surface area contributed by atoms with Crippen molar-refractivity contribution in [3.05, 3.63) is 53.6 Å². The molecule has 3 rings (SSSR count). The fraction of sp³-hybridized carbons (Fsp3) is 0.250. The van der Waals surface area contributed by atoms with E-state index in [2.05, 4.69) is 11.4 Å². The molecule has 2 aromatic carbocycles. The van der Waals surface area contributed by atoms with Crippen LogP contribution in [0.5, 0.6) is 11.5 Å². The van der Waals surface area contributed by atoms with Crippen molar-refractivity contribution in [1.82, 2.24) is 0 Å². The van der Waals surface area contributed by atoms with Crippen LogP contribution in [0, 0.1) is 0 Å². The summed E-state index contributed by atoms with van der Waals surface area (Å²) in [7, 11) is 0. The molecule has 0 spiro atoms. The van der Waals surface area contributed by atoms with Crippen LogP contribution < -0.4 is 10.1 Å². The predicted molar refractivity (Wildman–Crippen MR) is 75.7 cm³/mol. The third kappa shape index (κ3) is 2.65. The van der Waals surface area contributed by atoms with Crippen molar-refractivity contribution in [2.75, 3.05) is 11.9 Å². The second-order valence-electron chi connectivity index (χ2n) is 4.78. The SMILES string of the molecule is Oc1cccc(COc2cccc3c2NCCC3)c1. The van der Waals surface area contributed by atoms with Gasteiger partial charge in [0.25, 0.3) is 0 Å². The lowest BCUT2D eigenvalue weighted by Gasteiger charge is -2.21. The maximum Gasteiger partial charge on any atom is 0.143 e. The highest BCUT2D eigenvalue weighted by Crippen LogP contribution is 2.32. The number of phenols is 1. The van der Waals surface area contributed by atoms with Crippen LogP contribution >= 0.6 is 0 Å². The number of anilines is 1. The van der Waals surface area contributed by atoms with Crippen molar-refractivity contribution in [3.63, 3.8) is 0 Å². The average Bonchev–Trinajstić information content (AvgIpc) is 2.45. The average molecular weight is 255 g/mol. The lowest BCUT2D eigenvalue weighted by Crippen LogP contribution is -2.13. The summed E-state index contributed by atoms with van der Waals surface area (Å²) < 4.78 is 5.87. The molecule has 2 aromatic rings. The minimum atomic E-state index is 0.273. The van der Waals surface area contributed by atoms with Gasteiger partial charge in [0.1, 0.15) is 18.1 Å². The fourth-order valence-electron chi connectivity index (χ4n) is 2.41. The van der Waals surface area contributed by atoms with E-state index in [0.717, 1.165) is 30.0 Å². The molecule has 0 saturated carbocycles. The third-order valence-corrected chi connectivity index (χ3v) is 3.34. The summed E-state index contributed by atoms with van der Waals surface area (Å²) in [6, 6.07) is 13.3. The quantitative estimate of drug-likeness (QED) is 0.884. The van der Waals surface area contributed by atoms with E-state index in [4.69, 9.17) is 4.74 Å². The Labute approximate surface area is 112 Å². The highest BCUT2D eigenvalue weighted by molar-refractivity contribution is 5.63. The Bertz CT molecular complexity index is 581. The topological polar surface area (TPSA) is 41.5 Å². The van der Waals surface area contributed by atoms with Crippen LogP contribution in [-0.2, 0) is 13.0 Å². The number of aryl methyl sites for hydroxylation is 1. The smallest absolute Gasteiger partial charge is 0.143 e. The van der Waals surface area contributed by atoms with E-state index in [0.29, 0.717) is 6.61 Å². The number of hydrogen-bond acceptors (Lipinski definition) is 3. The molecule has 0 unspecified atom stereocenters. The van der Waals surface area contributed by atoms with E-state index in [1.807, 2.05) is 24.3 Å². The van der Waals surface area contributed by atoms with Gasteiger partial charge in [0.2, 0.25) is 0 Å². The predicted octanol–water partition coefficient (Wildman–Crippen LogP) is 3.33. The molecule has 1 aliphatic rings. The fourth-order valence-corrected chi connectivity index (χ4v) is 2.41. The van der Waals surface area contributed by atoms with E-state index >= 15 is 0 Å². The Morgan fingerprint density at radius 3 is 2.95 bits per heavy atom. The number of ether oxygens (including phenoxy) is 1. The van der Waals surface area contributed by atoms with Crippen LogP contribution in [0.1, 0.15) is 17.5 Å². The second-order valence-corrected chi connectivity index (χ2v) is 4.78. The number of hydrogen-bond donors (Lipinski definition) is 2. The Morgan fingerprint density at radius 1 is 1.16 bits per heavy atom. The number of para-hydroxylation sites is 1. The second kappa shape index (κ2) is 5.22. The molecular formula is C16H17NO2. The van der Waals surface area contributed by atoms with Gasteiger partial charge in [-0.25, -0.2) is 0 Å². The molecule has 1 aliphatic heterocycles.